The molecule has 3 N–H and O–H groups in total. The Kier molecular flexibility index (Phi) is 5.14. The number of carbonyl (C=O) groups excluding carboxylic acids is 1. The number of aliphatic imine (C=N–C) groups is 1. The van der Waals surface area contributed by atoms with E-state index in [1.165, 1.54) is 7.11 Å². The van der Waals surface area contributed by atoms with Crippen LogP contribution in [0.2, 0.25) is 0 Å². The van der Waals surface area contributed by atoms with Crippen LogP contribution in [0.3, 0.4) is 0 Å². The lowest BCUT2D eigenvalue weighted by molar-refractivity contribution is 0.0600. The zero-order chi connectivity index (χ0) is 15.9. The highest BCUT2D eigenvalue weighted by atomic mass is 16.5. The molecule has 0 radical (unpaired) electrons. The van der Waals surface area contributed by atoms with Crippen molar-refractivity contribution < 1.29 is 9.53 Å². The predicted molar refractivity (Wildman–Crippen MR) is 87.9 cm³/mol. The van der Waals surface area contributed by atoms with Gasteiger partial charge in [-0.2, -0.15) is 0 Å². The summed E-state index contributed by atoms with van der Waals surface area (Å²) in [5.74, 6) is -0.00155. The molecule has 0 aliphatic heterocycles. The van der Waals surface area contributed by atoms with Gasteiger partial charge in [0.05, 0.1) is 19.2 Å². The van der Waals surface area contributed by atoms with Gasteiger partial charge in [-0.15, -0.1) is 0 Å². The first-order valence-electron chi connectivity index (χ1n) is 6.89. The summed E-state index contributed by atoms with van der Waals surface area (Å²) in [5.41, 5.74) is 9.40. The number of rotatable bonds is 4. The molecule has 0 aromatic heterocycles. The smallest absolute Gasteiger partial charge is 0.337 e. The molecule has 2 aromatic carbocycles. The number of methoxy groups -OCH3 is 1. The molecule has 0 heterocycles. The van der Waals surface area contributed by atoms with Crippen LogP contribution in [-0.4, -0.2) is 19.0 Å². The Labute approximate surface area is 129 Å². The van der Waals surface area contributed by atoms with E-state index in [1.54, 1.807) is 12.1 Å². The van der Waals surface area contributed by atoms with Gasteiger partial charge in [0.25, 0.3) is 0 Å². The number of carbonyl (C=O) groups is 1. The van der Waals surface area contributed by atoms with Gasteiger partial charge in [0, 0.05) is 5.69 Å². The van der Waals surface area contributed by atoms with E-state index in [1.807, 2.05) is 43.3 Å². The van der Waals surface area contributed by atoms with Crippen molar-refractivity contribution >= 4 is 17.6 Å². The van der Waals surface area contributed by atoms with E-state index < -0.39 is 0 Å². The second-order valence-corrected chi connectivity index (χ2v) is 4.88. The molecule has 0 spiro atoms. The number of nitrogens with one attached hydrogen (secondary N) is 1. The minimum atomic E-state index is -0.351. The third-order valence-electron chi connectivity index (χ3n) is 3.10. The van der Waals surface area contributed by atoms with Crippen LogP contribution in [0.15, 0.2) is 53.5 Å². The number of ether oxygens (including phenoxy) is 1. The summed E-state index contributed by atoms with van der Waals surface area (Å²) in [7, 11) is 1.36. The summed E-state index contributed by atoms with van der Waals surface area (Å²) in [5, 5.41) is 3.05. The van der Waals surface area contributed by atoms with Gasteiger partial charge in [-0.3, -0.25) is 0 Å². The van der Waals surface area contributed by atoms with Crippen LogP contribution in [0.5, 0.6) is 0 Å². The highest BCUT2D eigenvalue weighted by Gasteiger charge is 2.04. The van der Waals surface area contributed by atoms with Crippen molar-refractivity contribution in [3.05, 3.63) is 65.2 Å². The van der Waals surface area contributed by atoms with Crippen LogP contribution >= 0.6 is 0 Å². The summed E-state index contributed by atoms with van der Waals surface area (Å²) in [6.07, 6.45) is 0. The molecule has 0 aliphatic carbocycles. The number of nitrogens with two attached hydrogens (primary N) is 1. The van der Waals surface area contributed by atoms with Crippen LogP contribution in [0.1, 0.15) is 21.5 Å². The number of guanidine groups is 1. The van der Waals surface area contributed by atoms with E-state index in [9.17, 15) is 4.79 Å². The van der Waals surface area contributed by atoms with Crippen molar-refractivity contribution in [2.45, 2.75) is 13.5 Å². The fraction of sp³-hybridized carbons (Fsp3) is 0.176. The Balaban J connectivity index is 1.97. The van der Waals surface area contributed by atoms with Crippen LogP contribution < -0.4 is 11.1 Å². The zero-order valence-corrected chi connectivity index (χ0v) is 12.7. The molecular formula is C17H19N3O2. The Morgan fingerprint density at radius 2 is 1.95 bits per heavy atom. The van der Waals surface area contributed by atoms with Gasteiger partial charge in [0.1, 0.15) is 0 Å². The van der Waals surface area contributed by atoms with E-state index in [4.69, 9.17) is 5.73 Å². The molecule has 0 amide bonds. The molecule has 5 nitrogen and oxygen atoms in total. The molecule has 0 saturated heterocycles. The lowest BCUT2D eigenvalue weighted by Gasteiger charge is -2.06. The van der Waals surface area contributed by atoms with E-state index in [0.717, 1.165) is 16.8 Å². The maximum atomic E-state index is 11.3. The van der Waals surface area contributed by atoms with Gasteiger partial charge in [-0.05, 0) is 42.3 Å². The predicted octanol–water partition coefficient (Wildman–Crippen LogP) is 2.71. The second kappa shape index (κ2) is 7.26. The Morgan fingerprint density at radius 1 is 1.23 bits per heavy atom. The number of benzene rings is 2. The zero-order valence-electron chi connectivity index (χ0n) is 12.7. The van der Waals surface area contributed by atoms with Crippen molar-refractivity contribution in [2.75, 3.05) is 12.4 Å². The van der Waals surface area contributed by atoms with Crippen LogP contribution in [0, 0.1) is 6.92 Å². The van der Waals surface area contributed by atoms with Crippen molar-refractivity contribution in [3.63, 3.8) is 0 Å². The average Bonchev–Trinajstić information content (AvgIpc) is 2.52. The van der Waals surface area contributed by atoms with E-state index >= 15 is 0 Å². The number of esters is 1. The number of anilines is 1. The maximum absolute atomic E-state index is 11.3. The fourth-order valence-electron chi connectivity index (χ4n) is 1.95. The quantitative estimate of drug-likeness (QED) is 0.517. The first-order valence-corrected chi connectivity index (χ1v) is 6.89. The molecule has 2 rings (SSSR count). The van der Waals surface area contributed by atoms with Crippen molar-refractivity contribution in [2.24, 2.45) is 10.7 Å². The van der Waals surface area contributed by atoms with Crippen molar-refractivity contribution in [1.29, 1.82) is 0 Å². The number of aryl methyl sites for hydroxylation is 1. The molecule has 22 heavy (non-hydrogen) atoms. The van der Waals surface area contributed by atoms with Crippen LogP contribution in [-0.2, 0) is 11.3 Å². The number of nitrogens with zero attached hydrogens (tertiary/aromatic N) is 1. The van der Waals surface area contributed by atoms with Gasteiger partial charge in [-0.1, -0.05) is 24.3 Å². The lowest BCUT2D eigenvalue weighted by Crippen LogP contribution is -2.22. The third kappa shape index (κ3) is 4.34. The van der Waals surface area contributed by atoms with Crippen molar-refractivity contribution in [3.8, 4) is 0 Å². The molecule has 0 aliphatic rings. The minimum absolute atomic E-state index is 0.350. The maximum Gasteiger partial charge on any atom is 0.337 e. The standard InChI is InChI=1S/C17H19N3O2/c1-12-4-3-5-15(10-12)20-17(18)19-11-13-6-8-14(9-7-13)16(21)22-2/h3-10H,11H2,1-2H3,(H3,18,19,20). The van der Waals surface area contributed by atoms with Crippen molar-refractivity contribution in [1.82, 2.24) is 0 Å². The summed E-state index contributed by atoms with van der Waals surface area (Å²) >= 11 is 0. The Morgan fingerprint density at radius 3 is 2.59 bits per heavy atom. The van der Waals surface area contributed by atoms with E-state index in [0.29, 0.717) is 18.1 Å². The van der Waals surface area contributed by atoms with E-state index in [-0.39, 0.29) is 5.97 Å². The Bertz CT molecular complexity index is 679. The fourth-order valence-corrected chi connectivity index (χ4v) is 1.95. The number of hydrogen-bond acceptors (Lipinski definition) is 3. The summed E-state index contributed by atoms with van der Waals surface area (Å²) < 4.78 is 4.65. The van der Waals surface area contributed by atoms with Gasteiger partial charge < -0.3 is 15.8 Å². The lowest BCUT2D eigenvalue weighted by atomic mass is 10.1. The topological polar surface area (TPSA) is 76.7 Å². The molecule has 2 aromatic rings. The SMILES string of the molecule is COC(=O)c1ccc(CN=C(N)Nc2cccc(C)c2)cc1. The van der Waals surface area contributed by atoms with Gasteiger partial charge in [0.15, 0.2) is 5.96 Å². The average molecular weight is 297 g/mol. The van der Waals surface area contributed by atoms with Crippen LogP contribution in [0.4, 0.5) is 5.69 Å². The van der Waals surface area contributed by atoms with Gasteiger partial charge in [-0.25, -0.2) is 9.79 Å². The Hall–Kier alpha value is -2.82. The molecular weight excluding hydrogens is 278 g/mol. The highest BCUT2D eigenvalue weighted by molar-refractivity contribution is 5.92. The molecule has 114 valence electrons. The number of hydrogen-bond donors (Lipinski definition) is 2. The van der Waals surface area contributed by atoms with Gasteiger partial charge in [0.2, 0.25) is 0 Å². The molecule has 0 fully saturated rings. The normalized spacial score (nSPS) is 11.1. The largest absolute Gasteiger partial charge is 0.465 e. The molecule has 5 heteroatoms. The molecule has 0 saturated carbocycles. The summed E-state index contributed by atoms with van der Waals surface area (Å²) in [6, 6.07) is 15.0. The highest BCUT2D eigenvalue weighted by Crippen LogP contribution is 2.10. The minimum Gasteiger partial charge on any atom is -0.465 e. The monoisotopic (exact) mass is 297 g/mol. The summed E-state index contributed by atoms with van der Waals surface area (Å²) in [4.78, 5) is 15.6. The van der Waals surface area contributed by atoms with Crippen LogP contribution in [0.25, 0.3) is 0 Å². The molecule has 0 bridgehead atoms. The summed E-state index contributed by atoms with van der Waals surface area (Å²) in [6.45, 7) is 2.45. The first-order chi connectivity index (χ1) is 10.6. The molecule has 0 unspecified atom stereocenters. The van der Waals surface area contributed by atoms with Gasteiger partial charge >= 0.3 is 5.97 Å². The second-order valence-electron chi connectivity index (χ2n) is 4.88. The van der Waals surface area contributed by atoms with E-state index in [2.05, 4.69) is 15.0 Å². The molecule has 0 atom stereocenters. The third-order valence-corrected chi connectivity index (χ3v) is 3.10. The first kappa shape index (κ1) is 15.6.